The lowest BCUT2D eigenvalue weighted by molar-refractivity contribution is -0.122. The Balaban J connectivity index is 2.43. The van der Waals surface area contributed by atoms with Crippen molar-refractivity contribution in [2.45, 2.75) is 26.2 Å². The SMILES string of the molecule is CC(=O)C1(CCO)CC1. The maximum atomic E-state index is 10.8. The first kappa shape index (κ1) is 6.75. The minimum Gasteiger partial charge on any atom is -0.396 e. The predicted octanol–water partition coefficient (Wildman–Crippen LogP) is 0.738. The molecule has 0 radical (unpaired) electrons. The molecule has 0 heterocycles. The lowest BCUT2D eigenvalue weighted by Crippen LogP contribution is -2.12. The average molecular weight is 128 g/mol. The van der Waals surface area contributed by atoms with Crippen LogP contribution in [0.5, 0.6) is 0 Å². The molecule has 0 unspecified atom stereocenters. The largest absolute Gasteiger partial charge is 0.396 e. The number of aliphatic hydroxyl groups is 1. The van der Waals surface area contributed by atoms with Crippen molar-refractivity contribution in [3.63, 3.8) is 0 Å². The third-order valence-electron chi connectivity index (χ3n) is 2.19. The third-order valence-corrected chi connectivity index (χ3v) is 2.19. The summed E-state index contributed by atoms with van der Waals surface area (Å²) < 4.78 is 0. The molecule has 1 rings (SSSR count). The third kappa shape index (κ3) is 1.13. The van der Waals surface area contributed by atoms with Crippen molar-refractivity contribution < 1.29 is 9.90 Å². The van der Waals surface area contributed by atoms with Crippen LogP contribution < -0.4 is 0 Å². The topological polar surface area (TPSA) is 37.3 Å². The van der Waals surface area contributed by atoms with Gasteiger partial charge in [-0.15, -0.1) is 0 Å². The summed E-state index contributed by atoms with van der Waals surface area (Å²) in [5, 5.41) is 8.54. The molecule has 2 heteroatoms. The molecule has 0 aromatic heterocycles. The Labute approximate surface area is 54.9 Å². The van der Waals surface area contributed by atoms with Gasteiger partial charge in [-0.2, -0.15) is 0 Å². The second kappa shape index (κ2) is 2.10. The summed E-state index contributed by atoms with van der Waals surface area (Å²) in [5.74, 6) is 0.247. The lowest BCUT2D eigenvalue weighted by Gasteiger charge is -2.06. The number of carbonyl (C=O) groups excluding carboxylic acids is 1. The molecule has 0 aromatic rings. The molecule has 0 bridgehead atoms. The highest BCUT2D eigenvalue weighted by Gasteiger charge is 2.46. The summed E-state index contributed by atoms with van der Waals surface area (Å²) in [4.78, 5) is 10.8. The van der Waals surface area contributed by atoms with Gasteiger partial charge < -0.3 is 5.11 Å². The first-order valence-electron chi connectivity index (χ1n) is 3.33. The maximum Gasteiger partial charge on any atom is 0.136 e. The monoisotopic (exact) mass is 128 g/mol. The molecule has 1 fully saturated rings. The maximum absolute atomic E-state index is 10.8. The molecule has 9 heavy (non-hydrogen) atoms. The zero-order chi connectivity index (χ0) is 6.91. The van der Waals surface area contributed by atoms with Gasteiger partial charge in [-0.25, -0.2) is 0 Å². The first-order chi connectivity index (χ1) is 4.21. The van der Waals surface area contributed by atoms with E-state index in [0.29, 0.717) is 6.42 Å². The summed E-state index contributed by atoms with van der Waals surface area (Å²) in [6.07, 6.45) is 2.65. The second-order valence-electron chi connectivity index (χ2n) is 2.81. The zero-order valence-electron chi connectivity index (χ0n) is 5.68. The van der Waals surface area contributed by atoms with E-state index in [-0.39, 0.29) is 17.8 Å². The van der Waals surface area contributed by atoms with E-state index in [2.05, 4.69) is 0 Å². The van der Waals surface area contributed by atoms with Gasteiger partial charge in [0.2, 0.25) is 0 Å². The molecule has 52 valence electrons. The van der Waals surface area contributed by atoms with Crippen molar-refractivity contribution in [1.29, 1.82) is 0 Å². The Morgan fingerprint density at radius 2 is 2.22 bits per heavy atom. The highest BCUT2D eigenvalue weighted by atomic mass is 16.3. The van der Waals surface area contributed by atoms with E-state index in [0.717, 1.165) is 12.8 Å². The minimum atomic E-state index is -0.0885. The van der Waals surface area contributed by atoms with Gasteiger partial charge >= 0.3 is 0 Å². The fraction of sp³-hybridized carbons (Fsp3) is 0.857. The highest BCUT2D eigenvalue weighted by molar-refractivity contribution is 5.84. The molecule has 0 spiro atoms. The van der Waals surface area contributed by atoms with E-state index in [9.17, 15) is 4.79 Å². The van der Waals surface area contributed by atoms with Crippen LogP contribution in [0.2, 0.25) is 0 Å². The summed E-state index contributed by atoms with van der Waals surface area (Å²) in [6, 6.07) is 0. The van der Waals surface area contributed by atoms with Crippen molar-refractivity contribution in [1.82, 2.24) is 0 Å². The summed E-state index contributed by atoms with van der Waals surface area (Å²) in [7, 11) is 0. The molecule has 1 N–H and O–H groups in total. The number of carbonyl (C=O) groups is 1. The van der Waals surface area contributed by atoms with Crippen LogP contribution in [0.15, 0.2) is 0 Å². The molecule has 0 saturated heterocycles. The fourth-order valence-corrected chi connectivity index (χ4v) is 1.14. The van der Waals surface area contributed by atoms with Crippen LogP contribution in [0.4, 0.5) is 0 Å². The Morgan fingerprint density at radius 3 is 2.33 bits per heavy atom. The molecule has 0 aliphatic heterocycles. The first-order valence-corrected chi connectivity index (χ1v) is 3.33. The van der Waals surface area contributed by atoms with Gasteiger partial charge in [0.1, 0.15) is 5.78 Å². The Bertz CT molecular complexity index is 125. The summed E-state index contributed by atoms with van der Waals surface area (Å²) in [5.41, 5.74) is -0.0885. The molecule has 0 aromatic carbocycles. The van der Waals surface area contributed by atoms with Crippen molar-refractivity contribution in [3.05, 3.63) is 0 Å². The highest BCUT2D eigenvalue weighted by Crippen LogP contribution is 2.49. The van der Waals surface area contributed by atoms with Gasteiger partial charge in [-0.1, -0.05) is 0 Å². The van der Waals surface area contributed by atoms with Crippen molar-refractivity contribution in [3.8, 4) is 0 Å². The van der Waals surface area contributed by atoms with Crippen LogP contribution in [0.1, 0.15) is 26.2 Å². The molecule has 1 saturated carbocycles. The van der Waals surface area contributed by atoms with E-state index < -0.39 is 0 Å². The van der Waals surface area contributed by atoms with Gasteiger partial charge in [0.15, 0.2) is 0 Å². The number of hydrogen-bond acceptors (Lipinski definition) is 2. The van der Waals surface area contributed by atoms with E-state index in [1.165, 1.54) is 0 Å². The molecule has 1 aliphatic rings. The molecule has 1 aliphatic carbocycles. The number of Topliss-reactive ketones (excluding diaryl/α,β-unsaturated/α-hetero) is 1. The number of ketones is 1. The number of hydrogen-bond donors (Lipinski definition) is 1. The number of rotatable bonds is 3. The Morgan fingerprint density at radius 1 is 1.67 bits per heavy atom. The van der Waals surface area contributed by atoms with Crippen molar-refractivity contribution >= 4 is 5.78 Å². The van der Waals surface area contributed by atoms with Crippen LogP contribution in [0, 0.1) is 5.41 Å². The standard InChI is InChI=1S/C7H12O2/c1-6(9)7(2-3-7)4-5-8/h8H,2-5H2,1H3. The van der Waals surface area contributed by atoms with Gasteiger partial charge in [0.25, 0.3) is 0 Å². The van der Waals surface area contributed by atoms with Crippen molar-refractivity contribution in [2.75, 3.05) is 6.61 Å². The number of aliphatic hydroxyl groups excluding tert-OH is 1. The van der Waals surface area contributed by atoms with Crippen LogP contribution >= 0.6 is 0 Å². The predicted molar refractivity (Wildman–Crippen MR) is 34.1 cm³/mol. The van der Waals surface area contributed by atoms with Crippen LogP contribution in [-0.2, 0) is 4.79 Å². The second-order valence-corrected chi connectivity index (χ2v) is 2.81. The Kier molecular flexibility index (Phi) is 1.58. The van der Waals surface area contributed by atoms with E-state index in [1.54, 1.807) is 6.92 Å². The molecule has 0 atom stereocenters. The smallest absolute Gasteiger partial charge is 0.136 e. The molecule has 0 amide bonds. The van der Waals surface area contributed by atoms with E-state index in [1.807, 2.05) is 0 Å². The zero-order valence-corrected chi connectivity index (χ0v) is 5.68. The minimum absolute atomic E-state index is 0.0885. The van der Waals surface area contributed by atoms with Crippen LogP contribution in [0.3, 0.4) is 0 Å². The molecular formula is C7H12O2. The van der Waals surface area contributed by atoms with Crippen molar-refractivity contribution in [2.24, 2.45) is 5.41 Å². The molecule has 2 nitrogen and oxygen atoms in total. The van der Waals surface area contributed by atoms with Crippen LogP contribution in [-0.4, -0.2) is 17.5 Å². The molecular weight excluding hydrogens is 116 g/mol. The lowest BCUT2D eigenvalue weighted by atomic mass is 9.99. The van der Waals surface area contributed by atoms with Gasteiger partial charge in [0, 0.05) is 12.0 Å². The average Bonchev–Trinajstić information content (AvgIpc) is 2.49. The van der Waals surface area contributed by atoms with Gasteiger partial charge in [-0.05, 0) is 26.2 Å². The normalized spacial score (nSPS) is 21.6. The quantitative estimate of drug-likeness (QED) is 0.608. The van der Waals surface area contributed by atoms with Gasteiger partial charge in [0.05, 0.1) is 0 Å². The summed E-state index contributed by atoms with van der Waals surface area (Å²) in [6.45, 7) is 1.77. The van der Waals surface area contributed by atoms with Crippen LogP contribution in [0.25, 0.3) is 0 Å². The van der Waals surface area contributed by atoms with Gasteiger partial charge in [-0.3, -0.25) is 4.79 Å². The fourth-order valence-electron chi connectivity index (χ4n) is 1.14. The summed E-state index contributed by atoms with van der Waals surface area (Å²) >= 11 is 0. The Hall–Kier alpha value is -0.370. The van der Waals surface area contributed by atoms with E-state index >= 15 is 0 Å². The van der Waals surface area contributed by atoms with E-state index in [4.69, 9.17) is 5.11 Å².